The van der Waals surface area contributed by atoms with Gasteiger partial charge in [-0.2, -0.15) is 0 Å². The van der Waals surface area contributed by atoms with Gasteiger partial charge in [-0.25, -0.2) is 9.18 Å². The van der Waals surface area contributed by atoms with Crippen molar-refractivity contribution in [3.63, 3.8) is 0 Å². The molecular formula is C16H14FNO3. The van der Waals surface area contributed by atoms with Gasteiger partial charge < -0.3 is 10.0 Å². The number of carboxylic acid groups (broad SMARTS) is 1. The first-order valence-electron chi connectivity index (χ1n) is 6.45. The van der Waals surface area contributed by atoms with Gasteiger partial charge in [0.15, 0.2) is 5.82 Å². The van der Waals surface area contributed by atoms with Crippen LogP contribution in [0.4, 0.5) is 10.1 Å². The van der Waals surface area contributed by atoms with E-state index in [1.54, 1.807) is 37.3 Å². The van der Waals surface area contributed by atoms with E-state index in [1.807, 2.05) is 0 Å². The molecule has 5 heteroatoms. The molecule has 21 heavy (non-hydrogen) atoms. The van der Waals surface area contributed by atoms with Gasteiger partial charge in [-0.3, -0.25) is 4.79 Å². The summed E-state index contributed by atoms with van der Waals surface area (Å²) in [5, 5.41) is 8.96. The molecule has 0 saturated heterocycles. The number of nitrogens with zero attached hydrogens (tertiary/aromatic N) is 1. The maximum atomic E-state index is 14.3. The molecule has 0 unspecified atom stereocenters. The van der Waals surface area contributed by atoms with Gasteiger partial charge in [-0.15, -0.1) is 0 Å². The maximum Gasteiger partial charge on any atom is 0.338 e. The molecule has 0 atom stereocenters. The van der Waals surface area contributed by atoms with Crippen molar-refractivity contribution in [1.29, 1.82) is 0 Å². The van der Waals surface area contributed by atoms with Crippen LogP contribution in [0.1, 0.15) is 27.6 Å². The molecule has 0 aliphatic heterocycles. The second-order valence-electron chi connectivity index (χ2n) is 4.36. The fourth-order valence-corrected chi connectivity index (χ4v) is 2.05. The third-order valence-corrected chi connectivity index (χ3v) is 3.08. The summed E-state index contributed by atoms with van der Waals surface area (Å²) in [6, 6.07) is 12.4. The van der Waals surface area contributed by atoms with Gasteiger partial charge in [0.25, 0.3) is 5.91 Å². The van der Waals surface area contributed by atoms with E-state index in [1.165, 1.54) is 23.1 Å². The number of hydrogen-bond donors (Lipinski definition) is 1. The van der Waals surface area contributed by atoms with E-state index < -0.39 is 17.3 Å². The molecule has 0 aliphatic carbocycles. The number of carbonyl (C=O) groups is 2. The number of anilines is 1. The summed E-state index contributed by atoms with van der Waals surface area (Å²) in [6.45, 7) is 1.93. The minimum absolute atomic E-state index is 0.0359. The lowest BCUT2D eigenvalue weighted by Crippen LogP contribution is -2.31. The molecule has 2 aromatic carbocycles. The van der Waals surface area contributed by atoms with E-state index >= 15 is 0 Å². The van der Waals surface area contributed by atoms with Crippen molar-refractivity contribution in [3.05, 3.63) is 65.5 Å². The van der Waals surface area contributed by atoms with Crippen LogP contribution < -0.4 is 4.90 Å². The Labute approximate surface area is 121 Å². The van der Waals surface area contributed by atoms with E-state index in [4.69, 9.17) is 5.11 Å². The van der Waals surface area contributed by atoms with Crippen LogP contribution in [0, 0.1) is 5.82 Å². The Kier molecular flexibility index (Phi) is 4.33. The van der Waals surface area contributed by atoms with Gasteiger partial charge in [0, 0.05) is 12.1 Å². The average molecular weight is 287 g/mol. The van der Waals surface area contributed by atoms with Gasteiger partial charge in [0.1, 0.15) is 0 Å². The molecule has 2 rings (SSSR count). The van der Waals surface area contributed by atoms with Gasteiger partial charge in [0.05, 0.1) is 11.3 Å². The zero-order chi connectivity index (χ0) is 15.4. The van der Waals surface area contributed by atoms with Crippen molar-refractivity contribution < 1.29 is 19.1 Å². The Balaban J connectivity index is 2.45. The summed E-state index contributed by atoms with van der Waals surface area (Å²) in [5.41, 5.74) is -0.0717. The molecule has 2 aromatic rings. The summed E-state index contributed by atoms with van der Waals surface area (Å²) in [4.78, 5) is 24.6. The molecule has 1 N–H and O–H groups in total. The highest BCUT2D eigenvalue weighted by Gasteiger charge is 2.22. The zero-order valence-corrected chi connectivity index (χ0v) is 11.4. The van der Waals surface area contributed by atoms with Crippen LogP contribution in [0.2, 0.25) is 0 Å². The predicted octanol–water partition coefficient (Wildman–Crippen LogP) is 3.19. The zero-order valence-electron chi connectivity index (χ0n) is 11.4. The monoisotopic (exact) mass is 287 g/mol. The third-order valence-electron chi connectivity index (χ3n) is 3.08. The lowest BCUT2D eigenvalue weighted by atomic mass is 10.1. The summed E-state index contributed by atoms with van der Waals surface area (Å²) < 4.78 is 14.3. The van der Waals surface area contributed by atoms with Crippen LogP contribution in [0.15, 0.2) is 48.5 Å². The first-order valence-corrected chi connectivity index (χ1v) is 6.45. The van der Waals surface area contributed by atoms with Crippen LogP contribution >= 0.6 is 0 Å². The molecule has 0 heterocycles. The first kappa shape index (κ1) is 14.7. The number of hydrogen-bond acceptors (Lipinski definition) is 2. The molecule has 108 valence electrons. The highest BCUT2D eigenvalue weighted by molar-refractivity contribution is 6.06. The molecule has 0 bridgehead atoms. The van der Waals surface area contributed by atoms with Crippen LogP contribution in [0.25, 0.3) is 0 Å². The highest BCUT2D eigenvalue weighted by atomic mass is 19.1. The highest BCUT2D eigenvalue weighted by Crippen LogP contribution is 2.24. The van der Waals surface area contributed by atoms with Crippen LogP contribution in [0.3, 0.4) is 0 Å². The molecule has 4 nitrogen and oxygen atoms in total. The number of carbonyl (C=O) groups excluding carboxylic acids is 1. The van der Waals surface area contributed by atoms with Crippen LogP contribution in [0.5, 0.6) is 0 Å². The lowest BCUT2D eigenvalue weighted by molar-refractivity contribution is 0.0691. The van der Waals surface area contributed by atoms with Crippen LogP contribution in [-0.4, -0.2) is 23.5 Å². The average Bonchev–Trinajstić information content (AvgIpc) is 2.50. The van der Waals surface area contributed by atoms with Crippen molar-refractivity contribution in [2.45, 2.75) is 6.92 Å². The van der Waals surface area contributed by atoms with Crippen molar-refractivity contribution in [2.75, 3.05) is 11.4 Å². The second-order valence-corrected chi connectivity index (χ2v) is 4.36. The Bertz CT molecular complexity index is 670. The van der Waals surface area contributed by atoms with Crippen molar-refractivity contribution in [1.82, 2.24) is 0 Å². The Morgan fingerprint density at radius 1 is 1.10 bits per heavy atom. The van der Waals surface area contributed by atoms with Gasteiger partial charge >= 0.3 is 5.97 Å². The molecule has 0 aromatic heterocycles. The van der Waals surface area contributed by atoms with Crippen molar-refractivity contribution in [2.24, 2.45) is 0 Å². The van der Waals surface area contributed by atoms with E-state index in [-0.39, 0.29) is 18.1 Å². The number of benzene rings is 2. The quantitative estimate of drug-likeness (QED) is 0.939. The Hall–Kier alpha value is -2.69. The molecule has 0 spiro atoms. The van der Waals surface area contributed by atoms with E-state index in [2.05, 4.69) is 0 Å². The topological polar surface area (TPSA) is 57.6 Å². The number of amides is 1. The fourth-order valence-electron chi connectivity index (χ4n) is 2.05. The SMILES string of the molecule is CCN(C(=O)c1ccccc1)c1cccc(C(=O)O)c1F. The first-order chi connectivity index (χ1) is 10.1. The van der Waals surface area contributed by atoms with Crippen LogP contribution in [-0.2, 0) is 0 Å². The largest absolute Gasteiger partial charge is 0.478 e. The minimum Gasteiger partial charge on any atom is -0.478 e. The van der Waals surface area contributed by atoms with E-state index in [0.29, 0.717) is 5.56 Å². The van der Waals surface area contributed by atoms with Gasteiger partial charge in [-0.05, 0) is 31.2 Å². The number of halogens is 1. The standard InChI is InChI=1S/C16H14FNO3/c1-2-18(15(19)11-7-4-3-5-8-11)13-10-6-9-12(14(13)17)16(20)21/h3-10H,2H2,1H3,(H,20,21). The summed E-state index contributed by atoms with van der Waals surface area (Å²) in [6.07, 6.45) is 0. The molecule has 1 amide bonds. The molecule has 0 radical (unpaired) electrons. The summed E-state index contributed by atoms with van der Waals surface area (Å²) >= 11 is 0. The normalized spacial score (nSPS) is 10.2. The van der Waals surface area contributed by atoms with Gasteiger partial charge in [-0.1, -0.05) is 24.3 Å². The molecule has 0 aliphatic rings. The summed E-state index contributed by atoms with van der Waals surface area (Å²) in [7, 11) is 0. The van der Waals surface area contributed by atoms with E-state index in [9.17, 15) is 14.0 Å². The molecular weight excluding hydrogens is 273 g/mol. The van der Waals surface area contributed by atoms with Crippen molar-refractivity contribution in [3.8, 4) is 0 Å². The number of aromatic carboxylic acids is 1. The maximum absolute atomic E-state index is 14.3. The lowest BCUT2D eigenvalue weighted by Gasteiger charge is -2.22. The fraction of sp³-hybridized carbons (Fsp3) is 0.125. The van der Waals surface area contributed by atoms with Gasteiger partial charge in [0.2, 0.25) is 0 Å². The Morgan fingerprint density at radius 3 is 2.33 bits per heavy atom. The minimum atomic E-state index is -1.36. The summed E-state index contributed by atoms with van der Waals surface area (Å²) in [5.74, 6) is -2.65. The van der Waals surface area contributed by atoms with E-state index in [0.717, 1.165) is 0 Å². The molecule has 0 fully saturated rings. The Morgan fingerprint density at radius 2 is 1.76 bits per heavy atom. The third kappa shape index (κ3) is 2.91. The second kappa shape index (κ2) is 6.17. The smallest absolute Gasteiger partial charge is 0.338 e. The number of rotatable bonds is 4. The molecule has 0 saturated carbocycles. The van der Waals surface area contributed by atoms with Crippen molar-refractivity contribution >= 4 is 17.6 Å². The predicted molar refractivity (Wildman–Crippen MR) is 77.2 cm³/mol. The number of carboxylic acids is 1.